The standard InChI is InChI=1S/C19H24ClN3O/c1-12(19-13(2)21-22-14(19)3)11-18(24)23-10-6-9-17(23)15-7-4-5-8-16(15)20/h4-5,7-8,12,17H,6,9-11H2,1-3H3,(H,21,22). The van der Waals surface area contributed by atoms with Gasteiger partial charge in [0.05, 0.1) is 11.7 Å². The number of carbonyl (C=O) groups excluding carboxylic acids is 1. The summed E-state index contributed by atoms with van der Waals surface area (Å²) in [7, 11) is 0. The Bertz CT molecular complexity index is 720. The predicted octanol–water partition coefficient (Wildman–Crippen LogP) is 4.54. The number of nitrogens with zero attached hydrogens (tertiary/aromatic N) is 2. The summed E-state index contributed by atoms with van der Waals surface area (Å²) in [5.74, 6) is 0.355. The molecule has 128 valence electrons. The van der Waals surface area contributed by atoms with Gasteiger partial charge in [-0.05, 0) is 49.8 Å². The molecule has 1 fully saturated rings. The van der Waals surface area contributed by atoms with Crippen LogP contribution >= 0.6 is 11.6 Å². The second-order valence-corrected chi connectivity index (χ2v) is 7.13. The molecule has 1 aromatic heterocycles. The highest BCUT2D eigenvalue weighted by atomic mass is 35.5. The molecule has 5 heteroatoms. The molecule has 3 rings (SSSR count). The zero-order chi connectivity index (χ0) is 17.3. The molecule has 0 bridgehead atoms. The van der Waals surface area contributed by atoms with Crippen LogP contribution in [0.2, 0.25) is 5.02 Å². The van der Waals surface area contributed by atoms with Gasteiger partial charge in [-0.1, -0.05) is 36.7 Å². The molecular weight excluding hydrogens is 322 g/mol. The summed E-state index contributed by atoms with van der Waals surface area (Å²) in [5, 5.41) is 8.01. The van der Waals surface area contributed by atoms with E-state index in [0.717, 1.165) is 46.9 Å². The van der Waals surface area contributed by atoms with Gasteiger partial charge in [0.15, 0.2) is 0 Å². The van der Waals surface area contributed by atoms with E-state index in [1.165, 1.54) is 0 Å². The van der Waals surface area contributed by atoms with Crippen LogP contribution in [0.3, 0.4) is 0 Å². The molecule has 0 radical (unpaired) electrons. The summed E-state index contributed by atoms with van der Waals surface area (Å²) in [5.41, 5.74) is 4.26. The molecule has 0 aliphatic carbocycles. The molecule has 2 atom stereocenters. The van der Waals surface area contributed by atoms with Gasteiger partial charge in [0, 0.05) is 23.7 Å². The van der Waals surface area contributed by atoms with Crippen LogP contribution in [0.1, 0.15) is 60.7 Å². The second-order valence-electron chi connectivity index (χ2n) is 6.72. The number of H-pyrrole nitrogens is 1. The SMILES string of the molecule is Cc1n[nH]c(C)c1C(C)CC(=O)N1CCCC1c1ccccc1Cl. The Morgan fingerprint density at radius 3 is 2.83 bits per heavy atom. The quantitative estimate of drug-likeness (QED) is 0.884. The average molecular weight is 346 g/mol. The van der Waals surface area contributed by atoms with Crippen LogP contribution in [0.4, 0.5) is 0 Å². The molecule has 2 unspecified atom stereocenters. The van der Waals surface area contributed by atoms with E-state index in [1.54, 1.807) is 0 Å². The number of carbonyl (C=O) groups is 1. The van der Waals surface area contributed by atoms with Crippen molar-refractivity contribution in [2.24, 2.45) is 0 Å². The molecule has 1 aliphatic rings. The van der Waals surface area contributed by atoms with Crippen LogP contribution in [0.15, 0.2) is 24.3 Å². The van der Waals surface area contributed by atoms with Gasteiger partial charge in [-0.25, -0.2) is 0 Å². The van der Waals surface area contributed by atoms with Crippen LogP contribution in [-0.2, 0) is 4.79 Å². The number of amides is 1. The van der Waals surface area contributed by atoms with Crippen molar-refractivity contribution in [1.82, 2.24) is 15.1 Å². The monoisotopic (exact) mass is 345 g/mol. The van der Waals surface area contributed by atoms with Gasteiger partial charge in [0.1, 0.15) is 0 Å². The molecule has 2 heterocycles. The predicted molar refractivity (Wildman–Crippen MR) is 96.2 cm³/mol. The maximum absolute atomic E-state index is 12.9. The summed E-state index contributed by atoms with van der Waals surface area (Å²) >= 11 is 6.35. The lowest BCUT2D eigenvalue weighted by atomic mass is 9.95. The number of rotatable bonds is 4. The highest BCUT2D eigenvalue weighted by Gasteiger charge is 2.32. The van der Waals surface area contributed by atoms with E-state index in [4.69, 9.17) is 11.6 Å². The molecule has 1 aliphatic heterocycles. The third-order valence-corrected chi connectivity index (χ3v) is 5.34. The van der Waals surface area contributed by atoms with Gasteiger partial charge in [-0.15, -0.1) is 0 Å². The fourth-order valence-corrected chi connectivity index (χ4v) is 4.16. The zero-order valence-corrected chi connectivity index (χ0v) is 15.2. The number of aromatic amines is 1. The van der Waals surface area contributed by atoms with Gasteiger partial charge in [0.2, 0.25) is 5.91 Å². The largest absolute Gasteiger partial charge is 0.336 e. The zero-order valence-electron chi connectivity index (χ0n) is 14.5. The number of aromatic nitrogens is 2. The van der Waals surface area contributed by atoms with Gasteiger partial charge in [-0.2, -0.15) is 5.10 Å². The molecule has 1 N–H and O–H groups in total. The third-order valence-electron chi connectivity index (χ3n) is 5.00. The minimum atomic E-state index is 0.102. The van der Waals surface area contributed by atoms with Crippen LogP contribution in [0, 0.1) is 13.8 Å². The maximum Gasteiger partial charge on any atom is 0.223 e. The van der Waals surface area contributed by atoms with Crippen LogP contribution in [0.25, 0.3) is 0 Å². The maximum atomic E-state index is 12.9. The number of hydrogen-bond donors (Lipinski definition) is 1. The summed E-state index contributed by atoms with van der Waals surface area (Å²) in [4.78, 5) is 14.9. The number of halogens is 1. The number of nitrogens with one attached hydrogen (secondary N) is 1. The summed E-state index contributed by atoms with van der Waals surface area (Å²) in [6.07, 6.45) is 2.51. The fraction of sp³-hybridized carbons (Fsp3) is 0.474. The van der Waals surface area contributed by atoms with Crippen molar-refractivity contribution in [3.8, 4) is 0 Å². The van der Waals surface area contributed by atoms with Crippen molar-refractivity contribution in [2.45, 2.75) is 52.0 Å². The molecule has 1 aromatic carbocycles. The van der Waals surface area contributed by atoms with E-state index in [2.05, 4.69) is 17.1 Å². The average Bonchev–Trinajstić information content (AvgIpc) is 3.14. The number of likely N-dealkylation sites (tertiary alicyclic amines) is 1. The smallest absolute Gasteiger partial charge is 0.223 e. The van der Waals surface area contributed by atoms with Gasteiger partial charge < -0.3 is 4.90 Å². The van der Waals surface area contributed by atoms with E-state index in [1.807, 2.05) is 43.0 Å². The van der Waals surface area contributed by atoms with Gasteiger partial charge in [0.25, 0.3) is 0 Å². The topological polar surface area (TPSA) is 49.0 Å². The number of aryl methyl sites for hydroxylation is 2. The van der Waals surface area contributed by atoms with E-state index < -0.39 is 0 Å². The highest BCUT2D eigenvalue weighted by molar-refractivity contribution is 6.31. The Morgan fingerprint density at radius 1 is 1.42 bits per heavy atom. The van der Waals surface area contributed by atoms with Crippen LogP contribution in [0.5, 0.6) is 0 Å². The summed E-state index contributed by atoms with van der Waals surface area (Å²) in [6, 6.07) is 7.96. The van der Waals surface area contributed by atoms with Crippen LogP contribution in [-0.4, -0.2) is 27.5 Å². The van der Waals surface area contributed by atoms with Crippen molar-refractivity contribution >= 4 is 17.5 Å². The lowest BCUT2D eigenvalue weighted by Crippen LogP contribution is -2.31. The number of benzene rings is 1. The van der Waals surface area contributed by atoms with E-state index in [-0.39, 0.29) is 17.9 Å². The number of hydrogen-bond acceptors (Lipinski definition) is 2. The molecule has 1 saturated heterocycles. The molecule has 4 nitrogen and oxygen atoms in total. The Labute approximate surface area is 148 Å². The Balaban J connectivity index is 1.76. The first-order valence-corrected chi connectivity index (χ1v) is 8.92. The van der Waals surface area contributed by atoms with Crippen LogP contribution < -0.4 is 0 Å². The van der Waals surface area contributed by atoms with Gasteiger partial charge >= 0.3 is 0 Å². The summed E-state index contributed by atoms with van der Waals surface area (Å²) < 4.78 is 0. The van der Waals surface area contributed by atoms with Crippen molar-refractivity contribution in [3.63, 3.8) is 0 Å². The van der Waals surface area contributed by atoms with Crippen molar-refractivity contribution in [3.05, 3.63) is 51.8 Å². The van der Waals surface area contributed by atoms with Crippen molar-refractivity contribution < 1.29 is 4.79 Å². The first-order chi connectivity index (χ1) is 11.5. The van der Waals surface area contributed by atoms with E-state index >= 15 is 0 Å². The van der Waals surface area contributed by atoms with Gasteiger partial charge in [-0.3, -0.25) is 9.89 Å². The molecule has 2 aromatic rings. The normalized spacial score (nSPS) is 18.8. The molecule has 0 spiro atoms. The first-order valence-electron chi connectivity index (χ1n) is 8.54. The first kappa shape index (κ1) is 17.0. The van der Waals surface area contributed by atoms with Crippen molar-refractivity contribution in [2.75, 3.05) is 6.54 Å². The van der Waals surface area contributed by atoms with Crippen molar-refractivity contribution in [1.29, 1.82) is 0 Å². The summed E-state index contributed by atoms with van der Waals surface area (Å²) in [6.45, 7) is 6.91. The Hall–Kier alpha value is -1.81. The third kappa shape index (κ3) is 3.20. The lowest BCUT2D eigenvalue weighted by molar-refractivity contribution is -0.132. The lowest BCUT2D eigenvalue weighted by Gasteiger charge is -2.27. The molecule has 1 amide bonds. The Morgan fingerprint density at radius 2 is 2.17 bits per heavy atom. The Kier molecular flexibility index (Phi) is 4.95. The second kappa shape index (κ2) is 6.98. The molecule has 0 saturated carbocycles. The molecular formula is C19H24ClN3O. The highest BCUT2D eigenvalue weighted by Crippen LogP contribution is 2.37. The minimum Gasteiger partial charge on any atom is -0.336 e. The molecule has 24 heavy (non-hydrogen) atoms. The minimum absolute atomic E-state index is 0.102. The fourth-order valence-electron chi connectivity index (χ4n) is 3.90. The van der Waals surface area contributed by atoms with E-state index in [9.17, 15) is 4.79 Å². The van der Waals surface area contributed by atoms with E-state index in [0.29, 0.717) is 6.42 Å².